The Morgan fingerprint density at radius 1 is 1.25 bits per heavy atom. The molecule has 0 aliphatic heterocycles. The molecule has 16 heavy (non-hydrogen) atoms. The van der Waals surface area contributed by atoms with Gasteiger partial charge in [0, 0.05) is 11.1 Å². The lowest BCUT2D eigenvalue weighted by atomic mass is 9.77. The molecule has 2 rings (SSSR count). The van der Waals surface area contributed by atoms with Crippen LogP contribution >= 0.6 is 0 Å². The lowest BCUT2D eigenvalue weighted by Gasteiger charge is -2.34. The first kappa shape index (κ1) is 11.4. The molecule has 0 atom stereocenters. The molecular weight excluding hydrogens is 205 g/mol. The molecule has 1 fully saturated rings. The molecule has 2 nitrogen and oxygen atoms in total. The van der Waals surface area contributed by atoms with Crippen molar-refractivity contribution in [2.24, 2.45) is 5.73 Å². The Morgan fingerprint density at radius 3 is 2.56 bits per heavy atom. The smallest absolute Gasteiger partial charge is 0.124 e. The summed E-state index contributed by atoms with van der Waals surface area (Å²) in [6, 6.07) is 4.59. The van der Waals surface area contributed by atoms with Crippen LogP contribution < -0.4 is 10.5 Å². The third kappa shape index (κ3) is 2.05. The predicted molar refractivity (Wildman–Crippen MR) is 61.9 cm³/mol. The van der Waals surface area contributed by atoms with Crippen LogP contribution in [0.2, 0.25) is 0 Å². The summed E-state index contributed by atoms with van der Waals surface area (Å²) in [7, 11) is 1.60. The second kappa shape index (κ2) is 4.42. The molecule has 0 amide bonds. The summed E-state index contributed by atoms with van der Waals surface area (Å²) in [5.74, 6) is 0.456. The van der Waals surface area contributed by atoms with Crippen molar-refractivity contribution in [2.75, 3.05) is 7.11 Å². The van der Waals surface area contributed by atoms with Crippen molar-refractivity contribution in [3.8, 4) is 5.75 Å². The monoisotopic (exact) mass is 223 g/mol. The van der Waals surface area contributed by atoms with Gasteiger partial charge in [-0.15, -0.1) is 0 Å². The Kier molecular flexibility index (Phi) is 3.15. The minimum Gasteiger partial charge on any atom is -0.496 e. The number of nitrogens with two attached hydrogens (primary N) is 1. The van der Waals surface area contributed by atoms with E-state index in [2.05, 4.69) is 0 Å². The molecule has 0 saturated heterocycles. The van der Waals surface area contributed by atoms with Crippen LogP contribution in [0, 0.1) is 5.82 Å². The number of rotatable bonds is 2. The van der Waals surface area contributed by atoms with Crippen molar-refractivity contribution < 1.29 is 9.13 Å². The van der Waals surface area contributed by atoms with Gasteiger partial charge in [0.25, 0.3) is 0 Å². The first-order valence-electron chi connectivity index (χ1n) is 5.79. The van der Waals surface area contributed by atoms with E-state index >= 15 is 0 Å². The zero-order valence-corrected chi connectivity index (χ0v) is 9.63. The Labute approximate surface area is 95.6 Å². The lowest BCUT2D eigenvalue weighted by Crippen LogP contribution is -2.39. The second-order valence-corrected chi connectivity index (χ2v) is 4.56. The number of benzene rings is 1. The third-order valence-electron chi connectivity index (χ3n) is 3.44. The van der Waals surface area contributed by atoms with Gasteiger partial charge in [-0.2, -0.15) is 0 Å². The highest BCUT2D eigenvalue weighted by Crippen LogP contribution is 2.39. The van der Waals surface area contributed by atoms with Crippen LogP contribution in [-0.4, -0.2) is 7.11 Å². The first-order valence-corrected chi connectivity index (χ1v) is 5.79. The van der Waals surface area contributed by atoms with Gasteiger partial charge in [0.1, 0.15) is 11.6 Å². The predicted octanol–water partition coefficient (Wildman–Crippen LogP) is 2.95. The van der Waals surface area contributed by atoms with E-state index in [1.54, 1.807) is 13.2 Å². The van der Waals surface area contributed by atoms with Crippen molar-refractivity contribution in [3.63, 3.8) is 0 Å². The molecule has 0 aromatic heterocycles. The van der Waals surface area contributed by atoms with E-state index < -0.39 is 5.54 Å². The summed E-state index contributed by atoms with van der Waals surface area (Å²) in [4.78, 5) is 0. The van der Waals surface area contributed by atoms with Gasteiger partial charge >= 0.3 is 0 Å². The van der Waals surface area contributed by atoms with Gasteiger partial charge in [0.05, 0.1) is 7.11 Å². The van der Waals surface area contributed by atoms with Gasteiger partial charge in [-0.1, -0.05) is 19.3 Å². The van der Waals surface area contributed by atoms with Gasteiger partial charge in [-0.25, -0.2) is 4.39 Å². The van der Waals surface area contributed by atoms with Gasteiger partial charge in [-0.3, -0.25) is 0 Å². The molecular formula is C13H18FNO. The molecule has 0 bridgehead atoms. The SMILES string of the molecule is COc1ccc(F)cc1C1(N)CCCCC1. The minimum atomic E-state index is -0.411. The van der Waals surface area contributed by atoms with Gasteiger partial charge in [0.15, 0.2) is 0 Å². The molecule has 1 aromatic carbocycles. The van der Waals surface area contributed by atoms with Crippen molar-refractivity contribution >= 4 is 0 Å². The van der Waals surface area contributed by atoms with E-state index in [-0.39, 0.29) is 5.82 Å². The van der Waals surface area contributed by atoms with E-state index in [0.717, 1.165) is 31.2 Å². The molecule has 3 heteroatoms. The molecule has 0 unspecified atom stereocenters. The fraction of sp³-hybridized carbons (Fsp3) is 0.538. The summed E-state index contributed by atoms with van der Waals surface area (Å²) in [6.45, 7) is 0. The molecule has 0 spiro atoms. The Hall–Kier alpha value is -1.09. The average molecular weight is 223 g/mol. The van der Waals surface area contributed by atoms with Gasteiger partial charge in [-0.05, 0) is 31.0 Å². The average Bonchev–Trinajstić information content (AvgIpc) is 2.30. The van der Waals surface area contributed by atoms with Crippen molar-refractivity contribution in [1.82, 2.24) is 0 Å². The highest BCUT2D eigenvalue weighted by atomic mass is 19.1. The number of hydrogen-bond acceptors (Lipinski definition) is 2. The molecule has 1 saturated carbocycles. The largest absolute Gasteiger partial charge is 0.496 e. The highest BCUT2D eigenvalue weighted by molar-refractivity contribution is 5.39. The summed E-state index contributed by atoms with van der Waals surface area (Å²) >= 11 is 0. The maximum absolute atomic E-state index is 13.3. The van der Waals surface area contributed by atoms with Gasteiger partial charge < -0.3 is 10.5 Å². The highest BCUT2D eigenvalue weighted by Gasteiger charge is 2.32. The van der Waals surface area contributed by atoms with Crippen LogP contribution in [0.4, 0.5) is 4.39 Å². The molecule has 0 heterocycles. The zero-order chi connectivity index (χ0) is 11.6. The fourth-order valence-corrected chi connectivity index (χ4v) is 2.52. The van der Waals surface area contributed by atoms with Gasteiger partial charge in [0.2, 0.25) is 0 Å². The topological polar surface area (TPSA) is 35.2 Å². The lowest BCUT2D eigenvalue weighted by molar-refractivity contribution is 0.288. The summed E-state index contributed by atoms with van der Waals surface area (Å²) in [6.07, 6.45) is 5.25. The van der Waals surface area contributed by atoms with E-state index in [1.807, 2.05) is 0 Å². The number of methoxy groups -OCH3 is 1. The number of halogens is 1. The number of hydrogen-bond donors (Lipinski definition) is 1. The number of ether oxygens (including phenoxy) is 1. The Balaban J connectivity index is 2.40. The molecule has 1 aliphatic carbocycles. The van der Waals surface area contributed by atoms with E-state index in [9.17, 15) is 4.39 Å². The maximum Gasteiger partial charge on any atom is 0.124 e. The summed E-state index contributed by atoms with van der Waals surface area (Å²) in [5.41, 5.74) is 6.78. The van der Waals surface area contributed by atoms with Crippen LogP contribution in [0.5, 0.6) is 5.75 Å². The minimum absolute atomic E-state index is 0.244. The molecule has 1 aliphatic rings. The van der Waals surface area contributed by atoms with E-state index in [1.165, 1.54) is 18.6 Å². The normalized spacial score (nSPS) is 19.4. The van der Waals surface area contributed by atoms with Crippen LogP contribution in [0.25, 0.3) is 0 Å². The Morgan fingerprint density at radius 2 is 1.94 bits per heavy atom. The standard InChI is InChI=1S/C13H18FNO/c1-16-12-6-5-10(14)9-11(12)13(15)7-3-2-4-8-13/h5-6,9H,2-4,7-8,15H2,1H3. The van der Waals surface area contributed by atoms with Crippen LogP contribution in [-0.2, 0) is 5.54 Å². The van der Waals surface area contributed by atoms with Crippen LogP contribution in [0.1, 0.15) is 37.7 Å². The second-order valence-electron chi connectivity index (χ2n) is 4.56. The molecule has 2 N–H and O–H groups in total. The zero-order valence-electron chi connectivity index (χ0n) is 9.63. The third-order valence-corrected chi connectivity index (χ3v) is 3.44. The quantitative estimate of drug-likeness (QED) is 0.836. The Bertz CT molecular complexity index is 372. The molecule has 88 valence electrons. The maximum atomic E-state index is 13.3. The molecule has 1 aromatic rings. The van der Waals surface area contributed by atoms with Crippen molar-refractivity contribution in [3.05, 3.63) is 29.6 Å². The van der Waals surface area contributed by atoms with Crippen molar-refractivity contribution in [2.45, 2.75) is 37.6 Å². The first-order chi connectivity index (χ1) is 7.65. The van der Waals surface area contributed by atoms with E-state index in [4.69, 9.17) is 10.5 Å². The fourth-order valence-electron chi connectivity index (χ4n) is 2.52. The van der Waals surface area contributed by atoms with Crippen molar-refractivity contribution in [1.29, 1.82) is 0 Å². The summed E-state index contributed by atoms with van der Waals surface area (Å²) in [5, 5.41) is 0. The summed E-state index contributed by atoms with van der Waals surface area (Å²) < 4.78 is 18.6. The van der Waals surface area contributed by atoms with Crippen LogP contribution in [0.3, 0.4) is 0 Å². The molecule has 0 radical (unpaired) electrons. The van der Waals surface area contributed by atoms with Crippen LogP contribution in [0.15, 0.2) is 18.2 Å². The van der Waals surface area contributed by atoms with E-state index in [0.29, 0.717) is 5.75 Å².